The fraction of sp³-hybridized carbons (Fsp3) is 0.217. The van der Waals surface area contributed by atoms with Gasteiger partial charge in [0, 0.05) is 25.5 Å². The second kappa shape index (κ2) is 7.46. The Morgan fingerprint density at radius 1 is 1.16 bits per heavy atom. The number of carbonyl (C=O) groups is 2. The number of nitrogens with one attached hydrogen (secondary N) is 1. The Morgan fingerprint density at radius 3 is 2.84 bits per heavy atom. The summed E-state index contributed by atoms with van der Waals surface area (Å²) in [5, 5.41) is 2.83. The standard InChI is InChI=1S/C23H19FN4O3/c1-28-21-14(5-4-9-26-21)15-12-16(15)20(23(28)30)27-22(29)18-11-13(8-10-25-18)31-19-7-3-2-6-17(19)24/h2-11,15-16,20H,12H2,1H3,(H,27,29)/t15?,16-,20-/m1/s1. The molecule has 1 N–H and O–H groups in total. The molecule has 2 aromatic heterocycles. The van der Waals surface area contributed by atoms with E-state index in [1.807, 2.05) is 12.1 Å². The molecule has 3 heterocycles. The van der Waals surface area contributed by atoms with Crippen LogP contribution >= 0.6 is 0 Å². The number of nitrogens with zero attached hydrogens (tertiary/aromatic N) is 3. The van der Waals surface area contributed by atoms with E-state index in [9.17, 15) is 14.0 Å². The van der Waals surface area contributed by atoms with Crippen molar-refractivity contribution in [2.45, 2.75) is 18.4 Å². The Hall–Kier alpha value is -3.81. The van der Waals surface area contributed by atoms with Gasteiger partial charge < -0.3 is 10.1 Å². The maximum Gasteiger partial charge on any atom is 0.270 e. The van der Waals surface area contributed by atoms with Crippen LogP contribution in [0.3, 0.4) is 0 Å². The fourth-order valence-corrected chi connectivity index (χ4v) is 4.05. The first-order valence-corrected chi connectivity index (χ1v) is 9.94. The minimum atomic E-state index is -0.672. The fourth-order valence-electron chi connectivity index (χ4n) is 4.05. The monoisotopic (exact) mass is 418 g/mol. The SMILES string of the molecule is CN1C(=O)[C@H](NC(=O)c2cc(Oc3ccccc3F)ccn2)[C@@H]2CC2c2cccnc21. The number of pyridine rings is 2. The molecule has 3 atom stereocenters. The van der Waals surface area contributed by atoms with E-state index in [1.165, 1.54) is 35.4 Å². The summed E-state index contributed by atoms with van der Waals surface area (Å²) < 4.78 is 19.4. The normalized spacial score (nSPS) is 21.5. The Labute approximate surface area is 177 Å². The molecule has 1 saturated carbocycles. The lowest BCUT2D eigenvalue weighted by molar-refractivity contribution is -0.120. The summed E-state index contributed by atoms with van der Waals surface area (Å²) in [7, 11) is 1.67. The zero-order valence-electron chi connectivity index (χ0n) is 16.7. The summed E-state index contributed by atoms with van der Waals surface area (Å²) in [6.07, 6.45) is 3.88. The molecule has 7 nitrogen and oxygen atoms in total. The number of fused-ring (bicyclic) bond motifs is 3. The van der Waals surface area contributed by atoms with E-state index >= 15 is 0 Å². The Kier molecular flexibility index (Phi) is 4.62. The highest BCUT2D eigenvalue weighted by Crippen LogP contribution is 2.53. The van der Waals surface area contributed by atoms with Gasteiger partial charge in [-0.1, -0.05) is 18.2 Å². The zero-order chi connectivity index (χ0) is 21.5. The second-order valence-corrected chi connectivity index (χ2v) is 7.68. The van der Waals surface area contributed by atoms with Gasteiger partial charge in [-0.3, -0.25) is 19.5 Å². The molecule has 1 aromatic carbocycles. The van der Waals surface area contributed by atoms with Crippen LogP contribution in [0.25, 0.3) is 0 Å². The highest BCUT2D eigenvalue weighted by Gasteiger charge is 2.52. The van der Waals surface area contributed by atoms with Crippen LogP contribution in [0.1, 0.15) is 28.4 Å². The molecule has 0 saturated heterocycles. The van der Waals surface area contributed by atoms with Crippen LogP contribution in [0.4, 0.5) is 10.2 Å². The molecule has 0 radical (unpaired) electrons. The Balaban J connectivity index is 1.35. The number of rotatable bonds is 4. The molecule has 1 unspecified atom stereocenters. The van der Waals surface area contributed by atoms with Gasteiger partial charge in [0.2, 0.25) is 0 Å². The van der Waals surface area contributed by atoms with Crippen LogP contribution in [-0.4, -0.2) is 34.9 Å². The number of likely N-dealkylation sites (N-methyl/N-ethyl adjacent to an activating group) is 1. The summed E-state index contributed by atoms with van der Waals surface area (Å²) in [5.41, 5.74) is 1.11. The number of anilines is 1. The van der Waals surface area contributed by atoms with Crippen molar-refractivity contribution >= 4 is 17.6 Å². The summed E-state index contributed by atoms with van der Waals surface area (Å²) in [5.74, 6) is -0.0520. The second-order valence-electron chi connectivity index (χ2n) is 7.68. The first-order chi connectivity index (χ1) is 15.0. The minimum Gasteiger partial charge on any atom is -0.454 e. The number of hydrogen-bond donors (Lipinski definition) is 1. The maximum atomic E-state index is 13.9. The first kappa shape index (κ1) is 19.2. The average Bonchev–Trinajstić information content (AvgIpc) is 3.59. The lowest BCUT2D eigenvalue weighted by Crippen LogP contribution is -2.48. The van der Waals surface area contributed by atoms with Crippen LogP contribution in [0.15, 0.2) is 60.9 Å². The molecule has 0 bridgehead atoms. The van der Waals surface area contributed by atoms with Crippen molar-refractivity contribution in [3.63, 3.8) is 0 Å². The third kappa shape index (κ3) is 3.50. The molecular weight excluding hydrogens is 399 g/mol. The maximum absolute atomic E-state index is 13.9. The zero-order valence-corrected chi connectivity index (χ0v) is 16.7. The molecular formula is C23H19FN4O3. The largest absolute Gasteiger partial charge is 0.454 e. The highest BCUT2D eigenvalue weighted by molar-refractivity contribution is 6.02. The molecule has 5 rings (SSSR count). The predicted octanol–water partition coefficient (Wildman–Crippen LogP) is 3.29. The Bertz CT molecular complexity index is 1180. The molecule has 3 aromatic rings. The number of carbonyl (C=O) groups excluding carboxylic acids is 2. The van der Waals surface area contributed by atoms with E-state index in [4.69, 9.17) is 4.74 Å². The number of halogens is 1. The van der Waals surface area contributed by atoms with Gasteiger partial charge in [-0.15, -0.1) is 0 Å². The van der Waals surface area contributed by atoms with E-state index in [1.54, 1.807) is 25.4 Å². The van der Waals surface area contributed by atoms with E-state index in [-0.39, 0.29) is 34.9 Å². The molecule has 31 heavy (non-hydrogen) atoms. The van der Waals surface area contributed by atoms with E-state index in [0.717, 1.165) is 12.0 Å². The van der Waals surface area contributed by atoms with Crippen LogP contribution in [-0.2, 0) is 4.79 Å². The van der Waals surface area contributed by atoms with Gasteiger partial charge in [0.05, 0.1) is 0 Å². The highest BCUT2D eigenvalue weighted by atomic mass is 19.1. The van der Waals surface area contributed by atoms with Gasteiger partial charge in [0.25, 0.3) is 11.8 Å². The van der Waals surface area contributed by atoms with Crippen molar-refractivity contribution < 1.29 is 18.7 Å². The summed E-state index contributed by atoms with van der Waals surface area (Å²) in [6.45, 7) is 0. The topological polar surface area (TPSA) is 84.4 Å². The molecule has 2 aliphatic rings. The third-order valence-electron chi connectivity index (χ3n) is 5.71. The molecule has 1 aliphatic carbocycles. The molecule has 1 fully saturated rings. The first-order valence-electron chi connectivity index (χ1n) is 9.94. The molecule has 0 spiro atoms. The lowest BCUT2D eigenvalue weighted by atomic mass is 10.1. The van der Waals surface area contributed by atoms with Crippen molar-refractivity contribution in [1.29, 1.82) is 0 Å². The van der Waals surface area contributed by atoms with E-state index < -0.39 is 17.8 Å². The van der Waals surface area contributed by atoms with Gasteiger partial charge in [-0.05, 0) is 48.1 Å². The van der Waals surface area contributed by atoms with Crippen molar-refractivity contribution in [2.24, 2.45) is 5.92 Å². The summed E-state index contributed by atoms with van der Waals surface area (Å²) >= 11 is 0. The van der Waals surface area contributed by atoms with Crippen LogP contribution in [0.5, 0.6) is 11.5 Å². The molecule has 8 heteroatoms. The van der Waals surface area contributed by atoms with Crippen LogP contribution < -0.4 is 15.0 Å². The number of aromatic nitrogens is 2. The van der Waals surface area contributed by atoms with Gasteiger partial charge in [0.1, 0.15) is 23.3 Å². The smallest absolute Gasteiger partial charge is 0.270 e. The van der Waals surface area contributed by atoms with Crippen molar-refractivity contribution in [2.75, 3.05) is 11.9 Å². The number of hydrogen-bond acceptors (Lipinski definition) is 5. The van der Waals surface area contributed by atoms with E-state index in [0.29, 0.717) is 5.82 Å². The van der Waals surface area contributed by atoms with Gasteiger partial charge >= 0.3 is 0 Å². The lowest BCUT2D eigenvalue weighted by Gasteiger charge is -2.22. The third-order valence-corrected chi connectivity index (χ3v) is 5.71. The average molecular weight is 418 g/mol. The van der Waals surface area contributed by atoms with Crippen LogP contribution in [0.2, 0.25) is 0 Å². The number of benzene rings is 1. The Morgan fingerprint density at radius 2 is 2.00 bits per heavy atom. The number of amides is 2. The van der Waals surface area contributed by atoms with Crippen LogP contribution in [0, 0.1) is 11.7 Å². The predicted molar refractivity (Wildman–Crippen MR) is 110 cm³/mol. The van der Waals surface area contributed by atoms with Crippen molar-refractivity contribution in [1.82, 2.24) is 15.3 Å². The molecule has 1 aliphatic heterocycles. The van der Waals surface area contributed by atoms with E-state index in [2.05, 4.69) is 15.3 Å². The van der Waals surface area contributed by atoms with Gasteiger partial charge in [-0.2, -0.15) is 0 Å². The summed E-state index contributed by atoms with van der Waals surface area (Å²) in [4.78, 5) is 35.9. The molecule has 156 valence electrons. The van der Waals surface area contributed by atoms with Gasteiger partial charge in [0.15, 0.2) is 11.6 Å². The molecule has 2 amide bonds. The minimum absolute atomic E-state index is 0.0159. The van der Waals surface area contributed by atoms with Crippen molar-refractivity contribution in [3.05, 3.63) is 78.0 Å². The van der Waals surface area contributed by atoms with Gasteiger partial charge in [-0.25, -0.2) is 9.37 Å². The number of ether oxygens (including phenoxy) is 1. The number of para-hydroxylation sites is 1. The summed E-state index contributed by atoms with van der Waals surface area (Å²) in [6, 6.07) is 12.1. The van der Waals surface area contributed by atoms with Crippen molar-refractivity contribution in [3.8, 4) is 11.5 Å². The quantitative estimate of drug-likeness (QED) is 0.703.